The maximum Gasteiger partial charge on any atom is 0.340 e. The Kier molecular flexibility index (Phi) is 2.75. The average Bonchev–Trinajstić information content (AvgIpc) is 2.91. The van der Waals surface area contributed by atoms with Crippen LogP contribution in [0.2, 0.25) is 0 Å². The van der Waals surface area contributed by atoms with Gasteiger partial charge in [0, 0.05) is 35.8 Å². The van der Waals surface area contributed by atoms with Gasteiger partial charge in [0.05, 0.1) is 18.9 Å². The van der Waals surface area contributed by atoms with Crippen LogP contribution in [0.3, 0.4) is 0 Å². The van der Waals surface area contributed by atoms with Crippen LogP contribution in [0.5, 0.6) is 0 Å². The van der Waals surface area contributed by atoms with Crippen molar-refractivity contribution in [3.8, 4) is 11.1 Å². The first-order valence-corrected chi connectivity index (χ1v) is 5.31. The molecule has 0 fully saturated rings. The van der Waals surface area contributed by atoms with E-state index in [9.17, 15) is 4.79 Å². The van der Waals surface area contributed by atoms with E-state index in [1.165, 1.54) is 7.11 Å². The van der Waals surface area contributed by atoms with Crippen LogP contribution in [0, 0.1) is 13.8 Å². The number of aromatic amines is 1. The summed E-state index contributed by atoms with van der Waals surface area (Å²) in [5.41, 5.74) is 4.29. The third kappa shape index (κ3) is 1.63. The van der Waals surface area contributed by atoms with Gasteiger partial charge in [-0.05, 0) is 13.8 Å². The van der Waals surface area contributed by atoms with Crippen molar-refractivity contribution in [1.82, 2.24) is 14.8 Å². The molecule has 17 heavy (non-hydrogen) atoms. The van der Waals surface area contributed by atoms with Crippen molar-refractivity contribution in [2.24, 2.45) is 7.05 Å². The first-order chi connectivity index (χ1) is 8.07. The number of methoxy groups -OCH3 is 1. The number of ether oxygens (including phenoxy) is 1. The summed E-state index contributed by atoms with van der Waals surface area (Å²) in [6.07, 6.45) is 3.47. The molecule has 5 nitrogen and oxygen atoms in total. The number of nitrogens with zero attached hydrogens (tertiary/aromatic N) is 2. The molecule has 0 saturated heterocycles. The third-order valence-electron chi connectivity index (χ3n) is 3.16. The van der Waals surface area contributed by atoms with Gasteiger partial charge in [-0.25, -0.2) is 4.79 Å². The highest BCUT2D eigenvalue weighted by molar-refractivity contribution is 5.99. The molecule has 0 spiro atoms. The second-order valence-corrected chi connectivity index (χ2v) is 3.96. The number of hydrogen-bond acceptors (Lipinski definition) is 3. The highest BCUT2D eigenvalue weighted by atomic mass is 16.5. The average molecular weight is 233 g/mol. The Balaban J connectivity index is 2.73. The first-order valence-electron chi connectivity index (χ1n) is 5.31. The third-order valence-corrected chi connectivity index (χ3v) is 3.16. The topological polar surface area (TPSA) is 59.9 Å². The standard InChI is InChI=1S/C12H15N3O2/c1-7-10(9-5-13-14-6-9)11(12(16)17-4)8(2)15(7)3/h5-6H,1-4H3,(H,13,14). The maximum atomic E-state index is 11.8. The number of carbonyl (C=O) groups is 1. The zero-order valence-electron chi connectivity index (χ0n) is 10.4. The van der Waals surface area contributed by atoms with E-state index in [0.29, 0.717) is 5.56 Å². The van der Waals surface area contributed by atoms with Crippen molar-refractivity contribution >= 4 is 5.97 Å². The largest absolute Gasteiger partial charge is 0.465 e. The summed E-state index contributed by atoms with van der Waals surface area (Å²) in [4.78, 5) is 11.8. The van der Waals surface area contributed by atoms with Gasteiger partial charge in [-0.2, -0.15) is 5.10 Å². The minimum absolute atomic E-state index is 0.317. The van der Waals surface area contributed by atoms with Gasteiger partial charge < -0.3 is 9.30 Å². The van der Waals surface area contributed by atoms with Gasteiger partial charge in [0.1, 0.15) is 0 Å². The van der Waals surface area contributed by atoms with Crippen LogP contribution < -0.4 is 0 Å². The summed E-state index contributed by atoms with van der Waals surface area (Å²) >= 11 is 0. The smallest absolute Gasteiger partial charge is 0.340 e. The molecule has 1 N–H and O–H groups in total. The number of rotatable bonds is 2. The van der Waals surface area contributed by atoms with E-state index >= 15 is 0 Å². The van der Waals surface area contributed by atoms with Crippen molar-refractivity contribution < 1.29 is 9.53 Å². The maximum absolute atomic E-state index is 11.8. The lowest BCUT2D eigenvalue weighted by Gasteiger charge is -2.02. The van der Waals surface area contributed by atoms with E-state index < -0.39 is 0 Å². The van der Waals surface area contributed by atoms with E-state index in [0.717, 1.165) is 22.5 Å². The molecule has 5 heteroatoms. The molecule has 0 unspecified atom stereocenters. The van der Waals surface area contributed by atoms with Crippen molar-refractivity contribution in [3.63, 3.8) is 0 Å². The summed E-state index contributed by atoms with van der Waals surface area (Å²) in [7, 11) is 3.32. The summed E-state index contributed by atoms with van der Waals surface area (Å²) in [6.45, 7) is 3.88. The zero-order valence-corrected chi connectivity index (χ0v) is 10.4. The normalized spacial score (nSPS) is 10.6. The van der Waals surface area contributed by atoms with Crippen molar-refractivity contribution in [2.75, 3.05) is 7.11 Å². The minimum atomic E-state index is -0.317. The zero-order chi connectivity index (χ0) is 12.6. The van der Waals surface area contributed by atoms with Gasteiger partial charge >= 0.3 is 5.97 Å². The van der Waals surface area contributed by atoms with E-state index in [-0.39, 0.29) is 5.97 Å². The van der Waals surface area contributed by atoms with Crippen molar-refractivity contribution in [1.29, 1.82) is 0 Å². The number of carbonyl (C=O) groups excluding carboxylic acids is 1. The van der Waals surface area contributed by atoms with Crippen LogP contribution in [0.15, 0.2) is 12.4 Å². The molecular formula is C12H15N3O2. The van der Waals surface area contributed by atoms with Gasteiger partial charge in [-0.1, -0.05) is 0 Å². The predicted octanol–water partition coefficient (Wildman–Crippen LogP) is 1.82. The lowest BCUT2D eigenvalue weighted by Crippen LogP contribution is -2.04. The molecule has 0 aromatic carbocycles. The molecule has 0 saturated carbocycles. The summed E-state index contributed by atoms with van der Waals surface area (Å²) < 4.78 is 6.82. The summed E-state index contributed by atoms with van der Waals surface area (Å²) in [6, 6.07) is 0. The van der Waals surface area contributed by atoms with Gasteiger partial charge in [0.2, 0.25) is 0 Å². The molecule has 0 aliphatic carbocycles. The van der Waals surface area contributed by atoms with Crippen LogP contribution >= 0.6 is 0 Å². The lowest BCUT2D eigenvalue weighted by molar-refractivity contribution is 0.0600. The number of nitrogens with one attached hydrogen (secondary N) is 1. The Morgan fingerprint density at radius 3 is 2.65 bits per heavy atom. The monoisotopic (exact) mass is 233 g/mol. The summed E-state index contributed by atoms with van der Waals surface area (Å²) in [5, 5.41) is 6.68. The molecule has 90 valence electrons. The molecule has 0 atom stereocenters. The van der Waals surface area contributed by atoms with E-state index in [4.69, 9.17) is 4.74 Å². The molecule has 0 bridgehead atoms. The molecule has 2 aromatic heterocycles. The number of H-pyrrole nitrogens is 1. The molecular weight excluding hydrogens is 218 g/mol. The highest BCUT2D eigenvalue weighted by Gasteiger charge is 2.23. The van der Waals surface area contributed by atoms with Crippen LogP contribution in [0.25, 0.3) is 11.1 Å². The molecule has 0 aliphatic rings. The van der Waals surface area contributed by atoms with E-state index in [2.05, 4.69) is 10.2 Å². The van der Waals surface area contributed by atoms with Crippen LogP contribution in [-0.4, -0.2) is 27.8 Å². The SMILES string of the molecule is COC(=O)c1c(-c2cn[nH]c2)c(C)n(C)c1C. The number of aromatic nitrogens is 3. The van der Waals surface area contributed by atoms with Gasteiger partial charge in [-0.3, -0.25) is 5.10 Å². The Morgan fingerprint density at radius 1 is 1.41 bits per heavy atom. The molecule has 2 rings (SSSR count). The van der Waals surface area contributed by atoms with Crippen LogP contribution in [-0.2, 0) is 11.8 Å². The van der Waals surface area contributed by atoms with Crippen molar-refractivity contribution in [2.45, 2.75) is 13.8 Å². The minimum Gasteiger partial charge on any atom is -0.465 e. The molecule has 2 aromatic rings. The Labute approximate surface area is 99.4 Å². The van der Waals surface area contributed by atoms with E-state index in [1.54, 1.807) is 12.4 Å². The number of hydrogen-bond donors (Lipinski definition) is 1. The first kappa shape index (κ1) is 11.4. The quantitative estimate of drug-likeness (QED) is 0.805. The lowest BCUT2D eigenvalue weighted by atomic mass is 10.0. The number of esters is 1. The fraction of sp³-hybridized carbons (Fsp3) is 0.333. The fourth-order valence-electron chi connectivity index (χ4n) is 2.04. The second-order valence-electron chi connectivity index (χ2n) is 3.96. The van der Waals surface area contributed by atoms with Gasteiger partial charge in [0.25, 0.3) is 0 Å². The van der Waals surface area contributed by atoms with Gasteiger partial charge in [-0.15, -0.1) is 0 Å². The molecule has 2 heterocycles. The highest BCUT2D eigenvalue weighted by Crippen LogP contribution is 2.31. The molecule has 0 amide bonds. The Hall–Kier alpha value is -2.04. The molecule has 0 radical (unpaired) electrons. The van der Waals surface area contributed by atoms with E-state index in [1.807, 2.05) is 25.5 Å². The summed E-state index contributed by atoms with van der Waals surface area (Å²) in [5.74, 6) is -0.317. The fourth-order valence-corrected chi connectivity index (χ4v) is 2.04. The predicted molar refractivity (Wildman–Crippen MR) is 63.8 cm³/mol. The Bertz CT molecular complexity index is 553. The van der Waals surface area contributed by atoms with Crippen LogP contribution in [0.4, 0.5) is 0 Å². The Morgan fingerprint density at radius 2 is 2.12 bits per heavy atom. The van der Waals surface area contributed by atoms with Crippen LogP contribution in [0.1, 0.15) is 21.7 Å². The van der Waals surface area contributed by atoms with Gasteiger partial charge in [0.15, 0.2) is 0 Å². The second kappa shape index (κ2) is 4.08. The van der Waals surface area contributed by atoms with Crippen molar-refractivity contribution in [3.05, 3.63) is 29.3 Å². The molecule has 0 aliphatic heterocycles.